The first-order valence-corrected chi connectivity index (χ1v) is 3.62. The largest absolute Gasteiger partial charge is 0.296 e. The molecule has 1 rings (SSSR count). The van der Waals surface area contributed by atoms with Crippen LogP contribution in [-0.2, 0) is 9.59 Å². The van der Waals surface area contributed by atoms with Crippen molar-refractivity contribution < 1.29 is 9.59 Å². The number of hydrogen-bond donors (Lipinski definition) is 2. The molecule has 1 fully saturated rings. The number of hydrogen-bond acceptors (Lipinski definition) is 4. The minimum Gasteiger partial charge on any atom is -0.296 e. The normalized spacial score (nSPS) is 21.6. The van der Waals surface area contributed by atoms with Crippen LogP contribution in [0.3, 0.4) is 0 Å². The maximum Gasteiger partial charge on any atom is 0.188 e. The third-order valence-corrected chi connectivity index (χ3v) is 1.96. The lowest BCUT2D eigenvalue weighted by Gasteiger charge is -2.22. The molecule has 2 N–H and O–H groups in total. The quantitative estimate of drug-likeness (QED) is 0.506. The van der Waals surface area contributed by atoms with E-state index >= 15 is 0 Å². The molecular formula is C7H12N2O2. The maximum absolute atomic E-state index is 11.1. The number of carbonyl (C=O) groups excluding carboxylic acids is 2. The summed E-state index contributed by atoms with van der Waals surface area (Å²) in [6.45, 7) is 4.15. The van der Waals surface area contributed by atoms with Crippen LogP contribution in [0.25, 0.3) is 0 Å². The average Bonchev–Trinajstić information content (AvgIpc) is 2.34. The van der Waals surface area contributed by atoms with E-state index in [0.717, 1.165) is 0 Å². The van der Waals surface area contributed by atoms with E-state index in [4.69, 9.17) is 0 Å². The van der Waals surface area contributed by atoms with Crippen molar-refractivity contribution in [2.45, 2.75) is 19.5 Å². The highest BCUT2D eigenvalue weighted by atomic mass is 16.2. The zero-order chi connectivity index (χ0) is 8.48. The molecule has 4 heteroatoms. The van der Waals surface area contributed by atoms with Gasteiger partial charge in [0.2, 0.25) is 0 Å². The highest BCUT2D eigenvalue weighted by Gasteiger charge is 2.42. The van der Waals surface area contributed by atoms with Crippen LogP contribution in [0.2, 0.25) is 0 Å². The van der Waals surface area contributed by atoms with E-state index < -0.39 is 5.66 Å². The van der Waals surface area contributed by atoms with Crippen LogP contribution < -0.4 is 10.6 Å². The molecule has 0 amide bonds. The summed E-state index contributed by atoms with van der Waals surface area (Å²) in [6, 6.07) is 0. The maximum atomic E-state index is 11.1. The Morgan fingerprint density at radius 2 is 1.45 bits per heavy atom. The summed E-state index contributed by atoms with van der Waals surface area (Å²) in [5.74, 6) is -0.329. The molecule has 11 heavy (non-hydrogen) atoms. The number of carbonyl (C=O) groups is 2. The molecule has 1 heterocycles. The van der Waals surface area contributed by atoms with Gasteiger partial charge in [-0.05, 0) is 13.8 Å². The molecule has 1 aliphatic rings. The second-order valence-electron chi connectivity index (χ2n) is 2.72. The molecule has 0 spiro atoms. The van der Waals surface area contributed by atoms with Gasteiger partial charge in [0.05, 0.1) is 0 Å². The van der Waals surface area contributed by atoms with Gasteiger partial charge in [-0.15, -0.1) is 0 Å². The predicted molar refractivity (Wildman–Crippen MR) is 40.1 cm³/mol. The van der Waals surface area contributed by atoms with Gasteiger partial charge in [0.25, 0.3) is 0 Å². The van der Waals surface area contributed by atoms with E-state index in [2.05, 4.69) is 10.6 Å². The molecule has 0 bridgehead atoms. The molecule has 0 saturated carbocycles. The van der Waals surface area contributed by atoms with Crippen molar-refractivity contribution in [1.82, 2.24) is 10.6 Å². The fourth-order valence-electron chi connectivity index (χ4n) is 1.31. The lowest BCUT2D eigenvalue weighted by molar-refractivity contribution is -0.134. The number of nitrogens with one attached hydrogen (secondary N) is 2. The number of ketones is 2. The van der Waals surface area contributed by atoms with Gasteiger partial charge in [0.1, 0.15) is 0 Å². The standard InChI is InChI=1S/C7H12N2O2/c1-5(10)7(6(2)11)8-3-4-9-7/h8-9H,3-4H2,1-2H3. The van der Waals surface area contributed by atoms with Crippen LogP contribution in [0.15, 0.2) is 0 Å². The lowest BCUT2D eigenvalue weighted by atomic mass is 10.0. The van der Waals surface area contributed by atoms with Gasteiger partial charge < -0.3 is 0 Å². The second-order valence-corrected chi connectivity index (χ2v) is 2.72. The van der Waals surface area contributed by atoms with E-state index in [9.17, 15) is 9.59 Å². The Hall–Kier alpha value is -0.740. The van der Waals surface area contributed by atoms with E-state index in [-0.39, 0.29) is 11.6 Å². The monoisotopic (exact) mass is 156 g/mol. The summed E-state index contributed by atoms with van der Waals surface area (Å²) >= 11 is 0. The first kappa shape index (κ1) is 8.36. The van der Waals surface area contributed by atoms with Crippen LogP contribution in [0.4, 0.5) is 0 Å². The Balaban J connectivity index is 2.87. The Kier molecular flexibility index (Phi) is 2.06. The van der Waals surface area contributed by atoms with Crippen molar-refractivity contribution in [2.75, 3.05) is 13.1 Å². The number of rotatable bonds is 2. The van der Waals surface area contributed by atoms with Crippen LogP contribution in [0.5, 0.6) is 0 Å². The Labute approximate surface area is 65.3 Å². The second kappa shape index (κ2) is 2.71. The van der Waals surface area contributed by atoms with E-state index in [1.807, 2.05) is 0 Å². The summed E-state index contributed by atoms with van der Waals surface area (Å²) in [4.78, 5) is 22.1. The van der Waals surface area contributed by atoms with Crippen molar-refractivity contribution in [1.29, 1.82) is 0 Å². The summed E-state index contributed by atoms with van der Waals surface area (Å²) < 4.78 is 0. The zero-order valence-corrected chi connectivity index (χ0v) is 6.73. The summed E-state index contributed by atoms with van der Waals surface area (Å²) in [5.41, 5.74) is -1.08. The van der Waals surface area contributed by atoms with E-state index in [1.54, 1.807) is 0 Å². The van der Waals surface area contributed by atoms with Crippen molar-refractivity contribution >= 4 is 11.6 Å². The molecule has 0 aromatic heterocycles. The fourth-order valence-corrected chi connectivity index (χ4v) is 1.31. The van der Waals surface area contributed by atoms with Crippen LogP contribution in [-0.4, -0.2) is 30.3 Å². The predicted octanol–water partition coefficient (Wildman–Crippen LogP) is -0.946. The highest BCUT2D eigenvalue weighted by Crippen LogP contribution is 2.07. The van der Waals surface area contributed by atoms with Gasteiger partial charge in [-0.2, -0.15) is 0 Å². The lowest BCUT2D eigenvalue weighted by Crippen LogP contribution is -2.60. The smallest absolute Gasteiger partial charge is 0.188 e. The molecule has 0 aliphatic carbocycles. The Bertz CT molecular complexity index is 179. The van der Waals surface area contributed by atoms with Gasteiger partial charge in [0, 0.05) is 13.1 Å². The third-order valence-electron chi connectivity index (χ3n) is 1.96. The van der Waals surface area contributed by atoms with Gasteiger partial charge in [-0.25, -0.2) is 0 Å². The summed E-state index contributed by atoms with van der Waals surface area (Å²) in [7, 11) is 0. The van der Waals surface area contributed by atoms with Crippen LogP contribution in [0, 0.1) is 0 Å². The first-order valence-electron chi connectivity index (χ1n) is 3.62. The highest BCUT2D eigenvalue weighted by molar-refractivity contribution is 6.09. The topological polar surface area (TPSA) is 58.2 Å². The average molecular weight is 156 g/mol. The summed E-state index contributed by atoms with van der Waals surface area (Å²) in [5, 5.41) is 5.72. The van der Waals surface area contributed by atoms with Crippen molar-refractivity contribution in [2.24, 2.45) is 0 Å². The molecule has 0 aromatic rings. The Morgan fingerprint density at radius 3 is 1.64 bits per heavy atom. The van der Waals surface area contributed by atoms with Gasteiger partial charge in [0.15, 0.2) is 17.2 Å². The molecule has 0 aromatic carbocycles. The van der Waals surface area contributed by atoms with Gasteiger partial charge >= 0.3 is 0 Å². The minimum atomic E-state index is -1.08. The summed E-state index contributed by atoms with van der Waals surface area (Å²) in [6.07, 6.45) is 0. The molecule has 0 atom stereocenters. The molecule has 1 aliphatic heterocycles. The molecule has 62 valence electrons. The van der Waals surface area contributed by atoms with Crippen LogP contribution >= 0.6 is 0 Å². The van der Waals surface area contributed by atoms with Crippen LogP contribution in [0.1, 0.15) is 13.8 Å². The van der Waals surface area contributed by atoms with Crippen molar-refractivity contribution in [3.63, 3.8) is 0 Å². The van der Waals surface area contributed by atoms with E-state index in [1.165, 1.54) is 13.8 Å². The van der Waals surface area contributed by atoms with Crippen molar-refractivity contribution in [3.8, 4) is 0 Å². The van der Waals surface area contributed by atoms with Crippen molar-refractivity contribution in [3.05, 3.63) is 0 Å². The van der Waals surface area contributed by atoms with Gasteiger partial charge in [-0.1, -0.05) is 0 Å². The SMILES string of the molecule is CC(=O)C1(C(C)=O)NCCN1. The molecule has 0 unspecified atom stereocenters. The van der Waals surface area contributed by atoms with E-state index in [0.29, 0.717) is 13.1 Å². The Morgan fingerprint density at radius 1 is 1.09 bits per heavy atom. The number of Topliss-reactive ketones (excluding diaryl/α,β-unsaturated/α-hetero) is 2. The third kappa shape index (κ3) is 1.19. The minimum absolute atomic E-state index is 0.164. The fraction of sp³-hybridized carbons (Fsp3) is 0.714. The molecular weight excluding hydrogens is 144 g/mol. The molecule has 0 radical (unpaired) electrons. The van der Waals surface area contributed by atoms with Gasteiger partial charge in [-0.3, -0.25) is 20.2 Å². The molecule has 4 nitrogen and oxygen atoms in total. The molecule has 1 saturated heterocycles. The zero-order valence-electron chi connectivity index (χ0n) is 6.73. The first-order chi connectivity index (χ1) is 5.09.